The average Bonchev–Trinajstić information content (AvgIpc) is 3.43. The lowest BCUT2D eigenvalue weighted by molar-refractivity contribution is -0.139. The zero-order valence-corrected chi connectivity index (χ0v) is 17.3. The summed E-state index contributed by atoms with van der Waals surface area (Å²) in [7, 11) is 1.76. The zero-order valence-electron chi connectivity index (χ0n) is 17.3. The van der Waals surface area contributed by atoms with Crippen LogP contribution in [0.15, 0.2) is 60.9 Å². The van der Waals surface area contributed by atoms with Gasteiger partial charge in [-0.25, -0.2) is 0 Å². The van der Waals surface area contributed by atoms with E-state index in [2.05, 4.69) is 4.98 Å². The summed E-state index contributed by atoms with van der Waals surface area (Å²) in [4.78, 5) is 34.3. The number of hydrogen-bond acceptors (Lipinski definition) is 5. The van der Waals surface area contributed by atoms with E-state index in [4.69, 9.17) is 9.84 Å². The number of aromatic nitrogens is 1. The number of aliphatic hydroxyl groups is 1. The molecule has 3 aliphatic rings. The van der Waals surface area contributed by atoms with Gasteiger partial charge in [0.25, 0.3) is 0 Å². The Kier molecular flexibility index (Phi) is 4.87. The van der Waals surface area contributed by atoms with Gasteiger partial charge < -0.3 is 19.6 Å². The lowest BCUT2D eigenvalue weighted by Gasteiger charge is -2.27. The molecule has 1 aromatic heterocycles. The van der Waals surface area contributed by atoms with Crippen LogP contribution in [-0.4, -0.2) is 58.7 Å². The van der Waals surface area contributed by atoms with Gasteiger partial charge in [0.05, 0.1) is 24.5 Å². The molecule has 5 rings (SSSR count). The zero-order chi connectivity index (χ0) is 21.6. The highest BCUT2D eigenvalue weighted by Gasteiger charge is 2.67. The molecule has 160 valence electrons. The molecule has 31 heavy (non-hydrogen) atoms. The molecule has 7 heteroatoms. The fraction of sp³-hybridized carbons (Fsp3) is 0.375. The number of fused-ring (bicyclic) bond motifs is 1. The maximum Gasteiger partial charge on any atom is 0.234 e. The summed E-state index contributed by atoms with van der Waals surface area (Å²) in [6.45, 7) is 0.923. The van der Waals surface area contributed by atoms with E-state index in [1.807, 2.05) is 48.6 Å². The average molecular weight is 419 g/mol. The highest BCUT2D eigenvalue weighted by molar-refractivity contribution is 6.03. The number of nitrogens with zero attached hydrogens (tertiary/aromatic N) is 3. The second-order valence-corrected chi connectivity index (χ2v) is 8.52. The van der Waals surface area contributed by atoms with E-state index in [1.54, 1.807) is 29.2 Å². The lowest BCUT2D eigenvalue weighted by atomic mass is 9.76. The van der Waals surface area contributed by atoms with Gasteiger partial charge >= 0.3 is 0 Å². The molecule has 0 aliphatic carbocycles. The van der Waals surface area contributed by atoms with Gasteiger partial charge in [0, 0.05) is 38.3 Å². The number of benzene rings is 1. The predicted molar refractivity (Wildman–Crippen MR) is 114 cm³/mol. The summed E-state index contributed by atoms with van der Waals surface area (Å²) < 4.78 is 6.24. The van der Waals surface area contributed by atoms with Crippen LogP contribution in [-0.2, 0) is 27.3 Å². The Labute approximate surface area is 180 Å². The number of rotatable bonds is 6. The smallest absolute Gasteiger partial charge is 0.234 e. The molecule has 2 unspecified atom stereocenters. The van der Waals surface area contributed by atoms with Crippen molar-refractivity contribution in [3.05, 3.63) is 72.1 Å². The highest BCUT2D eigenvalue weighted by Crippen LogP contribution is 2.53. The lowest BCUT2D eigenvalue weighted by Crippen LogP contribution is -2.44. The Balaban J connectivity index is 1.38. The molecule has 2 saturated heterocycles. The molecule has 4 atom stereocenters. The number of hydrogen-bond donors (Lipinski definition) is 1. The third-order valence-electron chi connectivity index (χ3n) is 6.55. The van der Waals surface area contributed by atoms with Crippen LogP contribution in [0.1, 0.15) is 11.1 Å². The summed E-state index contributed by atoms with van der Waals surface area (Å²) in [6.07, 6.45) is 7.54. The molecule has 1 N–H and O–H groups in total. The van der Waals surface area contributed by atoms with E-state index < -0.39 is 17.4 Å². The van der Waals surface area contributed by atoms with E-state index in [1.165, 1.54) is 0 Å². The van der Waals surface area contributed by atoms with Gasteiger partial charge in [-0.05, 0) is 35.7 Å². The standard InChI is InChI=1S/C24H25N3O4/c1-26(14-17-3-2-11-25-13-17)22(29)20-19-8-10-24(31-19)15-27(23(30)21(20)24)18-6-4-16(5-7-18)9-12-28/h2-8,10-11,13,19-21,28H,9,12,14-15H2,1H3/t19-,20?,21?,24-/m0/s1. The number of pyridine rings is 1. The number of ether oxygens (including phenoxy) is 1. The molecule has 2 aromatic rings. The second kappa shape index (κ2) is 7.59. The molecule has 2 fully saturated rings. The summed E-state index contributed by atoms with van der Waals surface area (Å²) in [5.74, 6) is -1.21. The number of amides is 2. The van der Waals surface area contributed by atoms with Gasteiger partial charge in [-0.1, -0.05) is 30.4 Å². The van der Waals surface area contributed by atoms with Gasteiger partial charge in [-0.2, -0.15) is 0 Å². The van der Waals surface area contributed by atoms with E-state index in [0.29, 0.717) is 19.5 Å². The predicted octanol–water partition coefficient (Wildman–Crippen LogP) is 1.56. The molecule has 2 bridgehead atoms. The molecular formula is C24H25N3O4. The molecule has 4 heterocycles. The van der Waals surface area contributed by atoms with Crippen molar-refractivity contribution in [2.45, 2.75) is 24.7 Å². The van der Waals surface area contributed by atoms with E-state index in [0.717, 1.165) is 16.8 Å². The minimum atomic E-state index is -0.749. The Morgan fingerprint density at radius 1 is 1.29 bits per heavy atom. The molecule has 0 saturated carbocycles. The van der Waals surface area contributed by atoms with Crippen molar-refractivity contribution in [1.29, 1.82) is 0 Å². The molecule has 1 spiro atoms. The molecule has 2 amide bonds. The summed E-state index contributed by atoms with van der Waals surface area (Å²) in [5.41, 5.74) is 1.99. The fourth-order valence-corrected chi connectivity index (χ4v) is 5.07. The van der Waals surface area contributed by atoms with Gasteiger partial charge in [-0.3, -0.25) is 14.6 Å². The first-order valence-corrected chi connectivity index (χ1v) is 10.5. The highest BCUT2D eigenvalue weighted by atomic mass is 16.5. The van der Waals surface area contributed by atoms with Crippen molar-refractivity contribution >= 4 is 17.5 Å². The number of carbonyl (C=O) groups excluding carboxylic acids is 2. The van der Waals surface area contributed by atoms with Crippen molar-refractivity contribution < 1.29 is 19.4 Å². The topological polar surface area (TPSA) is 83.0 Å². The third kappa shape index (κ3) is 3.25. The fourth-order valence-electron chi connectivity index (χ4n) is 5.07. The van der Waals surface area contributed by atoms with Crippen molar-refractivity contribution in [2.75, 3.05) is 25.1 Å². The molecular weight excluding hydrogens is 394 g/mol. The van der Waals surface area contributed by atoms with Gasteiger partial charge in [0.2, 0.25) is 11.8 Å². The molecule has 1 aromatic carbocycles. The minimum Gasteiger partial charge on any atom is -0.396 e. The summed E-state index contributed by atoms with van der Waals surface area (Å²) >= 11 is 0. The summed E-state index contributed by atoms with van der Waals surface area (Å²) in [6, 6.07) is 11.4. The molecule has 3 aliphatic heterocycles. The monoisotopic (exact) mass is 419 g/mol. The summed E-state index contributed by atoms with van der Waals surface area (Å²) in [5, 5.41) is 9.11. The van der Waals surface area contributed by atoms with Crippen molar-refractivity contribution in [3.63, 3.8) is 0 Å². The maximum atomic E-state index is 13.5. The van der Waals surface area contributed by atoms with E-state index >= 15 is 0 Å². The Morgan fingerprint density at radius 2 is 2.10 bits per heavy atom. The first-order chi connectivity index (χ1) is 15.0. The molecule has 0 radical (unpaired) electrons. The van der Waals surface area contributed by atoms with Crippen molar-refractivity contribution in [1.82, 2.24) is 9.88 Å². The first kappa shape index (κ1) is 19.9. The first-order valence-electron chi connectivity index (χ1n) is 10.5. The van der Waals surface area contributed by atoms with Gasteiger partial charge in [0.1, 0.15) is 5.60 Å². The van der Waals surface area contributed by atoms with Crippen LogP contribution < -0.4 is 4.90 Å². The Bertz CT molecular complexity index is 1020. The van der Waals surface area contributed by atoms with Gasteiger partial charge in [0.15, 0.2) is 0 Å². The SMILES string of the molecule is CN(Cc1cccnc1)C(=O)C1C2C(=O)N(c3ccc(CCO)cc3)C[C@@]23C=C[C@@H]1O3. The van der Waals surface area contributed by atoms with Crippen LogP contribution in [0.25, 0.3) is 0 Å². The number of aliphatic hydroxyl groups excluding tert-OH is 1. The van der Waals surface area contributed by atoms with Crippen LogP contribution in [0, 0.1) is 11.8 Å². The van der Waals surface area contributed by atoms with Crippen LogP contribution in [0.4, 0.5) is 5.69 Å². The largest absolute Gasteiger partial charge is 0.396 e. The normalized spacial score (nSPS) is 28.3. The number of carbonyl (C=O) groups is 2. The van der Waals surface area contributed by atoms with E-state index in [-0.39, 0.29) is 24.5 Å². The van der Waals surface area contributed by atoms with Crippen LogP contribution in [0.3, 0.4) is 0 Å². The Morgan fingerprint density at radius 3 is 2.81 bits per heavy atom. The quantitative estimate of drug-likeness (QED) is 0.719. The van der Waals surface area contributed by atoms with Crippen molar-refractivity contribution in [3.8, 4) is 0 Å². The van der Waals surface area contributed by atoms with Crippen LogP contribution >= 0.6 is 0 Å². The van der Waals surface area contributed by atoms with E-state index in [9.17, 15) is 9.59 Å². The third-order valence-corrected chi connectivity index (χ3v) is 6.55. The molecule has 7 nitrogen and oxygen atoms in total. The van der Waals surface area contributed by atoms with Gasteiger partial charge in [-0.15, -0.1) is 0 Å². The maximum absolute atomic E-state index is 13.5. The second-order valence-electron chi connectivity index (χ2n) is 8.52. The number of anilines is 1. The van der Waals surface area contributed by atoms with Crippen LogP contribution in [0.5, 0.6) is 0 Å². The van der Waals surface area contributed by atoms with Crippen molar-refractivity contribution in [2.24, 2.45) is 11.8 Å². The Hall–Kier alpha value is -3.03. The minimum absolute atomic E-state index is 0.0742. The van der Waals surface area contributed by atoms with Crippen LogP contribution in [0.2, 0.25) is 0 Å².